The zero-order chi connectivity index (χ0) is 30.8. The van der Waals surface area contributed by atoms with Crippen LogP contribution < -0.4 is 0 Å². The Kier molecular flexibility index (Phi) is 9.60. The normalized spacial score (nSPS) is 18.2. The Morgan fingerprint density at radius 3 is 1.93 bits per heavy atom. The zero-order valence-corrected chi connectivity index (χ0v) is 23.0. The average molecular weight is 612 g/mol. The van der Waals surface area contributed by atoms with Gasteiger partial charge in [0.25, 0.3) is 5.60 Å². The molecule has 1 N–H and O–H groups in total. The highest BCUT2D eigenvalue weighted by Crippen LogP contribution is 2.53. The molecule has 1 fully saturated rings. The number of hydrogen-bond donors (Lipinski definition) is 1. The van der Waals surface area contributed by atoms with Crippen molar-refractivity contribution in [2.75, 3.05) is 0 Å². The van der Waals surface area contributed by atoms with Gasteiger partial charge >= 0.3 is 12.4 Å². The lowest BCUT2D eigenvalue weighted by Gasteiger charge is -2.37. The fourth-order valence-electron chi connectivity index (χ4n) is 4.43. The molecule has 1 unspecified atom stereocenters. The average Bonchev–Trinajstić information content (AvgIpc) is 3.45. The second kappa shape index (κ2) is 12.1. The van der Waals surface area contributed by atoms with Crippen molar-refractivity contribution in [3.8, 4) is 0 Å². The fourth-order valence-corrected chi connectivity index (χ4v) is 6.25. The second-order valence-corrected chi connectivity index (χ2v) is 12.0. The number of alkyl halides is 6. The maximum Gasteiger partial charge on any atom is 0.430 e. The van der Waals surface area contributed by atoms with Gasteiger partial charge in [-0.3, -0.25) is 0 Å². The number of aliphatic hydroxyl groups excluding tert-OH is 1. The molecule has 0 saturated heterocycles. The predicted octanol–water partition coefficient (Wildman–Crippen LogP) is 6.65. The molecule has 2 atom stereocenters. The summed E-state index contributed by atoms with van der Waals surface area (Å²) >= 11 is 0. The molecular formula is C27H28F7NO5S. The van der Waals surface area contributed by atoms with E-state index in [-0.39, 0.29) is 28.3 Å². The van der Waals surface area contributed by atoms with Crippen LogP contribution in [0.4, 0.5) is 30.7 Å². The van der Waals surface area contributed by atoms with E-state index in [4.69, 9.17) is 4.52 Å². The maximum atomic E-state index is 13.6. The van der Waals surface area contributed by atoms with Crippen molar-refractivity contribution < 1.29 is 53.5 Å². The Balaban J connectivity index is 0.000000248. The van der Waals surface area contributed by atoms with Crippen LogP contribution in [0, 0.1) is 26.6 Å². The molecule has 6 nitrogen and oxygen atoms in total. The molecule has 1 saturated carbocycles. The number of hydrogen-bond acceptors (Lipinski definition) is 6. The van der Waals surface area contributed by atoms with Gasteiger partial charge in [-0.1, -0.05) is 35.0 Å². The summed E-state index contributed by atoms with van der Waals surface area (Å²) in [7, 11) is -3.42. The second-order valence-electron chi connectivity index (χ2n) is 9.72. The molecule has 1 aliphatic carbocycles. The van der Waals surface area contributed by atoms with Crippen molar-refractivity contribution >= 4 is 9.84 Å². The molecule has 1 aromatic heterocycles. The van der Waals surface area contributed by atoms with Gasteiger partial charge in [-0.25, -0.2) is 12.8 Å². The van der Waals surface area contributed by atoms with Crippen LogP contribution in [0.2, 0.25) is 0 Å². The number of aryl methyl sites for hydroxylation is 3. The van der Waals surface area contributed by atoms with Gasteiger partial charge in [-0.05, 0) is 64.3 Å². The molecule has 0 aliphatic heterocycles. The van der Waals surface area contributed by atoms with Crippen molar-refractivity contribution in [2.45, 2.75) is 80.8 Å². The smallest absolute Gasteiger partial charge is 0.393 e. The van der Waals surface area contributed by atoms with Crippen molar-refractivity contribution in [1.29, 1.82) is 0 Å². The predicted molar refractivity (Wildman–Crippen MR) is 133 cm³/mol. The summed E-state index contributed by atoms with van der Waals surface area (Å²) in [5.74, 6) is -0.356. The molecule has 1 heterocycles. The van der Waals surface area contributed by atoms with Crippen molar-refractivity contribution in [3.05, 3.63) is 82.5 Å². The third-order valence-corrected chi connectivity index (χ3v) is 9.04. The van der Waals surface area contributed by atoms with E-state index in [1.807, 2.05) is 0 Å². The summed E-state index contributed by atoms with van der Waals surface area (Å²) in [5.41, 5.74) is -4.76. The van der Waals surface area contributed by atoms with E-state index in [1.54, 1.807) is 6.92 Å². The van der Waals surface area contributed by atoms with E-state index in [0.717, 1.165) is 24.3 Å². The Morgan fingerprint density at radius 2 is 1.49 bits per heavy atom. The number of aliphatic hydroxyl groups is 1. The van der Waals surface area contributed by atoms with Crippen LogP contribution in [0.1, 0.15) is 47.4 Å². The van der Waals surface area contributed by atoms with E-state index >= 15 is 0 Å². The number of sulfone groups is 1. The van der Waals surface area contributed by atoms with E-state index in [2.05, 4.69) is 9.89 Å². The van der Waals surface area contributed by atoms with E-state index in [0.29, 0.717) is 18.4 Å². The van der Waals surface area contributed by atoms with Crippen LogP contribution >= 0.6 is 0 Å². The molecule has 0 radical (unpaired) electrons. The quantitative estimate of drug-likeness (QED) is 0.248. The first-order valence-corrected chi connectivity index (χ1v) is 13.9. The van der Waals surface area contributed by atoms with Gasteiger partial charge in [0.05, 0.1) is 28.6 Å². The fraction of sp³-hybridized carbons (Fsp3) is 0.444. The Bertz CT molecular complexity index is 1380. The van der Waals surface area contributed by atoms with Crippen LogP contribution in [0.15, 0.2) is 57.9 Å². The Hall–Kier alpha value is -2.97. The Labute approximate surface area is 232 Å². The van der Waals surface area contributed by atoms with Crippen molar-refractivity contribution in [2.24, 2.45) is 0 Å². The lowest BCUT2D eigenvalue weighted by Crippen LogP contribution is -2.55. The number of rotatable bonds is 6. The van der Waals surface area contributed by atoms with Crippen LogP contribution in [0.25, 0.3) is 0 Å². The van der Waals surface area contributed by atoms with Crippen LogP contribution in [-0.2, 0) is 26.8 Å². The maximum absolute atomic E-state index is 13.6. The number of aromatic nitrogens is 1. The summed E-state index contributed by atoms with van der Waals surface area (Å²) in [6.45, 7) is 3.39. The van der Waals surface area contributed by atoms with Gasteiger partial charge in [-0.15, -0.1) is 0 Å². The first-order valence-electron chi connectivity index (χ1n) is 12.3. The van der Waals surface area contributed by atoms with Gasteiger partial charge in [-0.2, -0.15) is 26.3 Å². The number of halogens is 7. The van der Waals surface area contributed by atoms with Crippen LogP contribution in [-0.4, -0.2) is 42.4 Å². The summed E-state index contributed by atoms with van der Waals surface area (Å²) in [6, 6.07) is 8.69. The van der Waals surface area contributed by atoms with E-state index in [1.165, 1.54) is 38.1 Å². The SMILES string of the molecule is Cc1ccc(C(OCc2c(C)noc2C)(C(F)(F)F)C(F)(F)F)cc1.O=S(=O)(c1ccc(F)cc1)C1CC[C@H](O)C1. The molecule has 226 valence electrons. The molecule has 14 heteroatoms. The molecule has 0 amide bonds. The molecule has 0 bridgehead atoms. The largest absolute Gasteiger partial charge is 0.430 e. The summed E-state index contributed by atoms with van der Waals surface area (Å²) in [6.07, 6.45) is -10.7. The summed E-state index contributed by atoms with van der Waals surface area (Å²) in [5, 5.41) is 12.3. The van der Waals surface area contributed by atoms with Gasteiger partial charge in [0.15, 0.2) is 9.84 Å². The minimum atomic E-state index is -5.72. The van der Waals surface area contributed by atoms with Crippen molar-refractivity contribution in [1.82, 2.24) is 5.16 Å². The van der Waals surface area contributed by atoms with Crippen LogP contribution in [0.5, 0.6) is 0 Å². The minimum Gasteiger partial charge on any atom is -0.393 e. The summed E-state index contributed by atoms with van der Waals surface area (Å²) < 4.78 is 128. The highest BCUT2D eigenvalue weighted by atomic mass is 32.2. The first-order chi connectivity index (χ1) is 18.9. The van der Waals surface area contributed by atoms with Gasteiger partial charge in [0.1, 0.15) is 11.6 Å². The number of nitrogens with zero attached hydrogens (tertiary/aromatic N) is 1. The molecule has 3 aromatic rings. The summed E-state index contributed by atoms with van der Waals surface area (Å²) in [4.78, 5) is 0.132. The molecule has 4 rings (SSSR count). The van der Waals surface area contributed by atoms with Crippen molar-refractivity contribution in [3.63, 3.8) is 0 Å². The lowest BCUT2D eigenvalue weighted by atomic mass is 9.91. The number of benzene rings is 2. The number of ether oxygens (including phenoxy) is 1. The topological polar surface area (TPSA) is 89.6 Å². The lowest BCUT2D eigenvalue weighted by molar-refractivity contribution is -0.392. The van der Waals surface area contributed by atoms with Gasteiger partial charge < -0.3 is 14.4 Å². The highest BCUT2D eigenvalue weighted by molar-refractivity contribution is 7.92. The van der Waals surface area contributed by atoms with E-state index < -0.39 is 57.1 Å². The van der Waals surface area contributed by atoms with E-state index in [9.17, 15) is 44.3 Å². The minimum absolute atomic E-state index is 0.0463. The molecule has 2 aromatic carbocycles. The monoisotopic (exact) mass is 611 g/mol. The highest BCUT2D eigenvalue weighted by Gasteiger charge is 2.73. The van der Waals surface area contributed by atoms with Crippen LogP contribution in [0.3, 0.4) is 0 Å². The standard InChI is InChI=1S/C16H15F6NO2.C11H13FO3S/c1-9-4-6-12(7-5-9)14(15(17,18)19,16(20,21)22)24-8-13-10(2)23-25-11(13)3;12-8-1-4-10(5-2-8)16(14,15)11-6-3-9(13)7-11/h4-7H,8H2,1-3H3;1-2,4-5,9,11,13H,3,6-7H2/t;9-,11?/m.0/s1. The molecule has 0 spiro atoms. The molecule has 1 aliphatic rings. The van der Waals surface area contributed by atoms with Gasteiger partial charge in [0.2, 0.25) is 0 Å². The molecular weight excluding hydrogens is 583 g/mol. The van der Waals surface area contributed by atoms with Gasteiger partial charge in [0, 0.05) is 11.1 Å². The zero-order valence-electron chi connectivity index (χ0n) is 22.2. The molecule has 41 heavy (non-hydrogen) atoms. The third kappa shape index (κ3) is 6.92. The first kappa shape index (κ1) is 32.5. The third-order valence-electron chi connectivity index (χ3n) is 6.81. The Morgan fingerprint density at radius 1 is 0.927 bits per heavy atom.